The van der Waals surface area contributed by atoms with Gasteiger partial charge < -0.3 is 4.90 Å². The molecule has 0 N–H and O–H groups in total. The highest BCUT2D eigenvalue weighted by Gasteiger charge is 2.10. The highest BCUT2D eigenvalue weighted by molar-refractivity contribution is 7.61. The normalized spacial score (nSPS) is 9.31. The molecule has 86 valence electrons. The highest BCUT2D eigenvalue weighted by Crippen LogP contribution is 2.02. The van der Waals surface area contributed by atoms with Gasteiger partial charge in [-0.15, -0.1) is 0 Å². The van der Waals surface area contributed by atoms with E-state index in [0.717, 1.165) is 5.56 Å². The largest absolute Gasteiger partial charge is 0.436 e. The Morgan fingerprint density at radius 3 is 2.94 bits per heavy atom. The molecule has 0 aromatic carbocycles. The predicted octanol–water partition coefficient (Wildman–Crippen LogP) is 0.628. The fraction of sp³-hybridized carbons (Fsp3) is 0.250. The average molecular weight is 243 g/mol. The maximum absolute atomic E-state index is 11.2. The molecular formula is C8H9N3O4S. The predicted molar refractivity (Wildman–Crippen MR) is 53.5 cm³/mol. The van der Waals surface area contributed by atoms with Gasteiger partial charge in [0.05, 0.1) is 11.1 Å². The lowest BCUT2D eigenvalue weighted by Gasteiger charge is -2.13. The van der Waals surface area contributed by atoms with Crippen LogP contribution in [0.3, 0.4) is 0 Å². The molecule has 8 heteroatoms. The molecule has 1 aromatic heterocycles. The average Bonchev–Trinajstić information content (AvgIpc) is 2.27. The first-order valence-electron chi connectivity index (χ1n) is 4.21. The molecule has 0 aliphatic carbocycles. The Bertz CT molecular complexity index is 477. The van der Waals surface area contributed by atoms with Crippen LogP contribution in [0.5, 0.6) is 0 Å². The zero-order valence-electron chi connectivity index (χ0n) is 8.40. The molecular weight excluding hydrogens is 234 g/mol. The van der Waals surface area contributed by atoms with Gasteiger partial charge in [-0.2, -0.15) is 8.42 Å². The molecule has 0 spiro atoms. The van der Waals surface area contributed by atoms with E-state index in [4.69, 9.17) is 0 Å². The molecule has 1 heterocycles. The summed E-state index contributed by atoms with van der Waals surface area (Å²) in [6.07, 6.45) is 2.35. The summed E-state index contributed by atoms with van der Waals surface area (Å²) < 4.78 is 22.6. The minimum atomic E-state index is -2.76. The van der Waals surface area contributed by atoms with E-state index in [2.05, 4.69) is 14.3 Å². The van der Waals surface area contributed by atoms with E-state index in [0.29, 0.717) is 0 Å². The Hall–Kier alpha value is -1.96. The van der Waals surface area contributed by atoms with Crippen LogP contribution >= 0.6 is 0 Å². The maximum Gasteiger partial charge on any atom is 0.436 e. The Morgan fingerprint density at radius 1 is 1.62 bits per heavy atom. The summed E-state index contributed by atoms with van der Waals surface area (Å²) >= 11 is 0. The fourth-order valence-corrected chi connectivity index (χ4v) is 1.09. The second-order valence-electron chi connectivity index (χ2n) is 2.87. The Labute approximate surface area is 93.3 Å². The molecule has 1 aromatic rings. The van der Waals surface area contributed by atoms with E-state index in [1.165, 1.54) is 11.9 Å². The molecule has 16 heavy (non-hydrogen) atoms. The molecule has 0 bridgehead atoms. The van der Waals surface area contributed by atoms with E-state index in [1.54, 1.807) is 24.5 Å². The van der Waals surface area contributed by atoms with Crippen molar-refractivity contribution in [3.63, 3.8) is 0 Å². The molecule has 1 amide bonds. The molecule has 0 fully saturated rings. The van der Waals surface area contributed by atoms with Crippen molar-refractivity contribution in [3.8, 4) is 0 Å². The van der Waals surface area contributed by atoms with Crippen LogP contribution in [0.2, 0.25) is 0 Å². The number of carbonyl (C=O) groups excluding carboxylic acids is 1. The SMILES string of the molecule is CN(Cc1cccnc1)C(=O)ON=S(=O)=O. The van der Waals surface area contributed by atoms with Crippen LogP contribution in [-0.4, -0.2) is 31.4 Å². The third kappa shape index (κ3) is 4.05. The number of aromatic nitrogens is 1. The van der Waals surface area contributed by atoms with Crippen LogP contribution < -0.4 is 0 Å². The zero-order chi connectivity index (χ0) is 12.0. The molecule has 0 saturated heterocycles. The lowest BCUT2D eigenvalue weighted by atomic mass is 10.3. The van der Waals surface area contributed by atoms with Crippen molar-refractivity contribution in [3.05, 3.63) is 30.1 Å². The summed E-state index contributed by atoms with van der Waals surface area (Å²) in [6, 6.07) is 3.51. The number of carbonyl (C=O) groups is 1. The van der Waals surface area contributed by atoms with Crippen LogP contribution in [0.4, 0.5) is 4.79 Å². The van der Waals surface area contributed by atoms with Crippen molar-refractivity contribution >= 4 is 16.6 Å². The third-order valence-corrected chi connectivity index (χ3v) is 1.83. The van der Waals surface area contributed by atoms with Crippen molar-refractivity contribution < 1.29 is 18.0 Å². The van der Waals surface area contributed by atoms with E-state index in [9.17, 15) is 13.2 Å². The van der Waals surface area contributed by atoms with Crippen LogP contribution in [0.15, 0.2) is 29.1 Å². The Morgan fingerprint density at radius 2 is 2.38 bits per heavy atom. The lowest BCUT2D eigenvalue weighted by molar-refractivity contribution is 0.114. The molecule has 0 aliphatic heterocycles. The summed E-state index contributed by atoms with van der Waals surface area (Å²) in [7, 11) is -1.30. The van der Waals surface area contributed by atoms with Crippen molar-refractivity contribution in [2.45, 2.75) is 6.54 Å². The summed E-state index contributed by atoms with van der Waals surface area (Å²) in [5.41, 5.74) is 0.796. The maximum atomic E-state index is 11.2. The van der Waals surface area contributed by atoms with Gasteiger partial charge in [0.25, 0.3) is 0 Å². The smallest absolute Gasteiger partial charge is 0.305 e. The van der Waals surface area contributed by atoms with Crippen LogP contribution in [-0.2, 0) is 21.9 Å². The molecule has 0 unspecified atom stereocenters. The third-order valence-electron chi connectivity index (χ3n) is 1.63. The van der Waals surface area contributed by atoms with Crippen molar-refractivity contribution in [2.24, 2.45) is 4.53 Å². The molecule has 7 nitrogen and oxygen atoms in total. The number of hydrogen-bond acceptors (Lipinski definition) is 6. The van der Waals surface area contributed by atoms with E-state index in [1.807, 2.05) is 0 Å². The first-order valence-corrected chi connectivity index (χ1v) is 5.24. The van der Waals surface area contributed by atoms with Crippen molar-refractivity contribution in [1.82, 2.24) is 9.88 Å². The quantitative estimate of drug-likeness (QED) is 0.726. The summed E-state index contributed by atoms with van der Waals surface area (Å²) in [6.45, 7) is 0.258. The van der Waals surface area contributed by atoms with Gasteiger partial charge in [-0.3, -0.25) is 9.82 Å². The summed E-state index contributed by atoms with van der Waals surface area (Å²) in [5.74, 6) is 0. The Kier molecular flexibility index (Phi) is 4.40. The first kappa shape index (κ1) is 12.1. The second kappa shape index (κ2) is 5.81. The molecule has 1 rings (SSSR count). The summed E-state index contributed by atoms with van der Waals surface area (Å²) in [5, 5.41) is 0. The minimum absolute atomic E-state index is 0.258. The zero-order valence-corrected chi connectivity index (χ0v) is 9.22. The van der Waals surface area contributed by atoms with Gasteiger partial charge in [-0.05, 0) is 11.6 Å². The lowest BCUT2D eigenvalue weighted by Crippen LogP contribution is -2.25. The van der Waals surface area contributed by atoms with E-state index in [-0.39, 0.29) is 6.54 Å². The number of pyridine rings is 1. The summed E-state index contributed by atoms with van der Waals surface area (Å²) in [4.78, 5) is 20.3. The standard InChI is InChI=1S/C8H9N3O4S/c1-11(8(12)15-10-16(13)14)6-7-3-2-4-9-5-7/h2-5H,6H2,1H3. The van der Waals surface area contributed by atoms with Crippen LogP contribution in [0.25, 0.3) is 0 Å². The van der Waals surface area contributed by atoms with Gasteiger partial charge in [-0.25, -0.2) is 4.79 Å². The first-order chi connectivity index (χ1) is 7.59. The van der Waals surface area contributed by atoms with Gasteiger partial charge in [0.2, 0.25) is 0 Å². The number of amides is 1. The topological polar surface area (TPSA) is 88.9 Å². The molecule has 0 aliphatic rings. The number of hydrogen-bond donors (Lipinski definition) is 0. The van der Waals surface area contributed by atoms with Crippen LogP contribution in [0, 0.1) is 0 Å². The van der Waals surface area contributed by atoms with Gasteiger partial charge in [0, 0.05) is 19.4 Å². The fourth-order valence-electron chi connectivity index (χ4n) is 0.962. The molecule has 0 radical (unpaired) electrons. The molecule has 0 saturated carbocycles. The molecule has 0 atom stereocenters. The Balaban J connectivity index is 2.56. The second-order valence-corrected chi connectivity index (χ2v) is 3.45. The van der Waals surface area contributed by atoms with Gasteiger partial charge in [0.15, 0.2) is 0 Å². The van der Waals surface area contributed by atoms with E-state index < -0.39 is 16.6 Å². The minimum Gasteiger partial charge on any atom is -0.305 e. The van der Waals surface area contributed by atoms with E-state index >= 15 is 0 Å². The van der Waals surface area contributed by atoms with Gasteiger partial charge in [0.1, 0.15) is 0 Å². The van der Waals surface area contributed by atoms with Gasteiger partial charge in [-0.1, -0.05) is 6.07 Å². The highest BCUT2D eigenvalue weighted by atomic mass is 32.2. The number of nitrogens with zero attached hydrogens (tertiary/aromatic N) is 3. The van der Waals surface area contributed by atoms with Crippen molar-refractivity contribution in [2.75, 3.05) is 7.05 Å². The number of rotatable bonds is 3. The van der Waals surface area contributed by atoms with Crippen LogP contribution in [0.1, 0.15) is 5.56 Å². The van der Waals surface area contributed by atoms with Gasteiger partial charge >= 0.3 is 16.6 Å². The monoisotopic (exact) mass is 243 g/mol. The van der Waals surface area contributed by atoms with Crippen molar-refractivity contribution in [1.29, 1.82) is 0 Å².